The Bertz CT molecular complexity index is 1150. The van der Waals surface area contributed by atoms with E-state index in [1.165, 1.54) is 8.47 Å². The van der Waals surface area contributed by atoms with Gasteiger partial charge in [0.15, 0.2) is 14.7 Å². The van der Waals surface area contributed by atoms with Gasteiger partial charge in [-0.25, -0.2) is 4.21 Å². The van der Waals surface area contributed by atoms with E-state index in [0.29, 0.717) is 0 Å². The van der Waals surface area contributed by atoms with Crippen LogP contribution in [-0.4, -0.2) is 4.21 Å². The average Bonchev–Trinajstić information content (AvgIpc) is 2.77. The summed E-state index contributed by atoms with van der Waals surface area (Å²) in [6, 6.07) is 32.4. The van der Waals surface area contributed by atoms with Crippen LogP contribution < -0.4 is 4.74 Å². The van der Waals surface area contributed by atoms with Crippen LogP contribution in [0.4, 0.5) is 0 Å². The molecule has 5 heteroatoms. The summed E-state index contributed by atoms with van der Waals surface area (Å²) in [4.78, 5) is 5.28. The van der Waals surface area contributed by atoms with E-state index in [-0.39, 0.29) is 10.9 Å². The van der Waals surface area contributed by atoms with E-state index >= 15 is 0 Å². The first-order valence-electron chi connectivity index (χ1n) is 9.08. The third-order valence-corrected chi connectivity index (χ3v) is 9.47. The summed E-state index contributed by atoms with van der Waals surface area (Å²) in [6.07, 6.45) is 0. The molecule has 0 unspecified atom stereocenters. The second-order valence-corrected chi connectivity index (χ2v) is 11.1. The number of hydrogen-bond donors (Lipinski definition) is 0. The fraction of sp³-hybridized carbons (Fsp3) is 0. The lowest BCUT2D eigenvalue weighted by molar-refractivity contribution is 0.482. The fourth-order valence-electron chi connectivity index (χ4n) is 3.32. The van der Waals surface area contributed by atoms with Crippen LogP contribution in [0.3, 0.4) is 0 Å². The maximum atomic E-state index is 13.1. The number of benzene rings is 4. The summed E-state index contributed by atoms with van der Waals surface area (Å²) >= 11 is 2.28. The van der Waals surface area contributed by atoms with E-state index in [2.05, 4.69) is 46.9 Å². The molecule has 0 spiro atoms. The molecule has 0 aromatic heterocycles. The molecule has 0 aliphatic carbocycles. The normalized spacial score (nSPS) is 17.3. The molecule has 4 aromatic carbocycles. The number of hydrogen-bond acceptors (Lipinski definition) is 2. The molecule has 2 nitrogen and oxygen atoms in total. The molecule has 0 N–H and O–H groups in total. The van der Waals surface area contributed by atoms with Crippen molar-refractivity contribution in [2.75, 3.05) is 0 Å². The molecule has 1 heterocycles. The molecule has 29 heavy (non-hydrogen) atoms. The zero-order valence-electron chi connectivity index (χ0n) is 15.2. The van der Waals surface area contributed by atoms with E-state index in [1.807, 2.05) is 72.8 Å². The van der Waals surface area contributed by atoms with Crippen LogP contribution in [0.2, 0.25) is 0 Å². The van der Waals surface area contributed by atoms with Crippen LogP contribution in [0.1, 0.15) is 0 Å². The summed E-state index contributed by atoms with van der Waals surface area (Å²) in [5, 5.41) is 0. The first-order chi connectivity index (χ1) is 14.2. The highest BCUT2D eigenvalue weighted by molar-refractivity contribution is 14.1. The van der Waals surface area contributed by atoms with E-state index in [4.69, 9.17) is 4.74 Å². The number of halogens is 1. The molecule has 5 rings (SSSR count). The molecule has 0 bridgehead atoms. The van der Waals surface area contributed by atoms with Gasteiger partial charge in [0.05, 0.1) is 20.6 Å². The largest absolute Gasteiger partial charge is 0.457 e. The molecular formula is C24H16IO2S2+. The predicted molar refractivity (Wildman–Crippen MR) is 125 cm³/mol. The van der Waals surface area contributed by atoms with Gasteiger partial charge in [0, 0.05) is 3.57 Å². The topological polar surface area (TPSA) is 26.3 Å². The van der Waals surface area contributed by atoms with Crippen molar-refractivity contribution in [3.63, 3.8) is 0 Å². The molecule has 0 saturated heterocycles. The van der Waals surface area contributed by atoms with Crippen molar-refractivity contribution < 1.29 is 8.95 Å². The summed E-state index contributed by atoms with van der Waals surface area (Å²) < 4.78 is 20.2. The van der Waals surface area contributed by atoms with Crippen molar-refractivity contribution in [3.8, 4) is 11.5 Å². The molecular weight excluding hydrogens is 511 g/mol. The minimum Gasteiger partial charge on any atom is -0.457 e. The van der Waals surface area contributed by atoms with Gasteiger partial charge in [-0.2, -0.15) is 0 Å². The summed E-state index contributed by atoms with van der Waals surface area (Å²) in [7, 11) is -1.42. The SMILES string of the molecule is O=S1c2ccccc2[S+](c2ccc(Oc3ccc(I)cc3)cc2)c2ccccc21. The predicted octanol–water partition coefficient (Wildman–Crippen LogP) is 6.66. The van der Waals surface area contributed by atoms with Crippen molar-refractivity contribution in [1.29, 1.82) is 0 Å². The van der Waals surface area contributed by atoms with Crippen LogP contribution in [0, 0.1) is 3.57 Å². The Morgan fingerprint density at radius 1 is 0.655 bits per heavy atom. The van der Waals surface area contributed by atoms with Crippen LogP contribution in [-0.2, 0) is 21.7 Å². The van der Waals surface area contributed by atoms with Crippen molar-refractivity contribution in [3.05, 3.63) is 101 Å². The fourth-order valence-corrected chi connectivity index (χ4v) is 7.89. The van der Waals surface area contributed by atoms with Crippen molar-refractivity contribution in [1.82, 2.24) is 0 Å². The van der Waals surface area contributed by atoms with Gasteiger partial charge < -0.3 is 4.74 Å². The lowest BCUT2D eigenvalue weighted by Crippen LogP contribution is -2.16. The molecule has 0 fully saturated rings. The Hall–Kier alpha value is -2.09. The van der Waals surface area contributed by atoms with Crippen molar-refractivity contribution >= 4 is 44.3 Å². The second kappa shape index (κ2) is 7.97. The minimum atomic E-state index is -1.14. The molecule has 142 valence electrons. The second-order valence-electron chi connectivity index (χ2n) is 6.50. The number of rotatable bonds is 3. The third kappa shape index (κ3) is 3.63. The molecule has 1 aliphatic rings. The van der Waals surface area contributed by atoms with Crippen molar-refractivity contribution in [2.45, 2.75) is 24.5 Å². The van der Waals surface area contributed by atoms with Crippen LogP contribution in [0.25, 0.3) is 0 Å². The van der Waals surface area contributed by atoms with Gasteiger partial charge in [0.2, 0.25) is 0 Å². The molecule has 0 radical (unpaired) electrons. The van der Waals surface area contributed by atoms with Gasteiger partial charge in [-0.15, -0.1) is 0 Å². The highest BCUT2D eigenvalue weighted by Crippen LogP contribution is 2.43. The van der Waals surface area contributed by atoms with Gasteiger partial charge in [-0.3, -0.25) is 0 Å². The van der Waals surface area contributed by atoms with Gasteiger partial charge in [-0.1, -0.05) is 24.3 Å². The first-order valence-corrected chi connectivity index (χ1v) is 12.5. The van der Waals surface area contributed by atoms with Gasteiger partial charge in [0.25, 0.3) is 0 Å². The van der Waals surface area contributed by atoms with E-state index in [9.17, 15) is 4.21 Å². The van der Waals surface area contributed by atoms with Crippen LogP contribution in [0.15, 0.2) is 122 Å². The monoisotopic (exact) mass is 527 g/mol. The van der Waals surface area contributed by atoms with Crippen LogP contribution in [0.5, 0.6) is 11.5 Å². The third-order valence-electron chi connectivity index (χ3n) is 4.65. The lowest BCUT2D eigenvalue weighted by Gasteiger charge is -2.18. The number of fused-ring (bicyclic) bond motifs is 2. The zero-order valence-corrected chi connectivity index (χ0v) is 19.0. The quantitative estimate of drug-likeness (QED) is 0.194. The van der Waals surface area contributed by atoms with Gasteiger partial charge in [0.1, 0.15) is 22.4 Å². The maximum absolute atomic E-state index is 13.1. The average molecular weight is 527 g/mol. The Morgan fingerprint density at radius 3 is 1.69 bits per heavy atom. The molecule has 0 saturated carbocycles. The van der Waals surface area contributed by atoms with Crippen LogP contribution >= 0.6 is 22.6 Å². The zero-order chi connectivity index (χ0) is 19.8. The minimum absolute atomic E-state index is 0.286. The molecule has 0 atom stereocenters. The number of ether oxygens (including phenoxy) is 1. The van der Waals surface area contributed by atoms with Crippen molar-refractivity contribution in [2.24, 2.45) is 0 Å². The molecule has 1 aliphatic heterocycles. The first kappa shape index (κ1) is 18.9. The molecule has 4 aromatic rings. The van der Waals surface area contributed by atoms with Gasteiger partial charge in [-0.05, 0) is 95.4 Å². The summed E-state index contributed by atoms with van der Waals surface area (Å²) in [6.45, 7) is 0. The van der Waals surface area contributed by atoms with Gasteiger partial charge >= 0.3 is 0 Å². The maximum Gasteiger partial charge on any atom is 0.183 e. The summed E-state index contributed by atoms with van der Waals surface area (Å²) in [5.41, 5.74) is 0. The smallest absolute Gasteiger partial charge is 0.183 e. The Balaban J connectivity index is 1.53. The highest BCUT2D eigenvalue weighted by Gasteiger charge is 2.40. The summed E-state index contributed by atoms with van der Waals surface area (Å²) in [5.74, 6) is 1.63. The lowest BCUT2D eigenvalue weighted by atomic mass is 10.3. The Morgan fingerprint density at radius 2 is 1.14 bits per heavy atom. The molecule has 0 amide bonds. The van der Waals surface area contributed by atoms with E-state index in [1.54, 1.807) is 0 Å². The Kier molecular flexibility index (Phi) is 5.20. The Labute approximate surface area is 188 Å². The van der Waals surface area contributed by atoms with E-state index in [0.717, 1.165) is 31.1 Å². The van der Waals surface area contributed by atoms with E-state index < -0.39 is 10.8 Å². The highest BCUT2D eigenvalue weighted by atomic mass is 127. The standard InChI is InChI=1S/C24H16IO2S2/c25-17-9-11-18(12-10-17)27-19-13-15-20(16-14-19)28-21-5-1-3-7-23(21)29(26)24-8-4-2-6-22(24)28/h1-16H/q+1.